The second kappa shape index (κ2) is 7.51. The minimum atomic E-state index is -0.589. The highest BCUT2D eigenvalue weighted by atomic mass is 35.5. The lowest BCUT2D eigenvalue weighted by Gasteiger charge is -2.46. The van der Waals surface area contributed by atoms with Gasteiger partial charge in [-0.05, 0) is 65.7 Å². The number of ether oxygens (including phenoxy) is 1. The molecule has 30 heavy (non-hydrogen) atoms. The van der Waals surface area contributed by atoms with Crippen molar-refractivity contribution >= 4 is 34.0 Å². The van der Waals surface area contributed by atoms with Crippen LogP contribution in [0.1, 0.15) is 17.2 Å². The van der Waals surface area contributed by atoms with Gasteiger partial charge in [-0.2, -0.15) is 0 Å². The Balaban J connectivity index is 1.54. The Morgan fingerprint density at radius 2 is 1.53 bits per heavy atom. The largest absolute Gasteiger partial charge is 0.478 e. The summed E-state index contributed by atoms with van der Waals surface area (Å²) in [6.07, 6.45) is -0.589. The maximum absolute atomic E-state index is 13.1. The fourth-order valence-electron chi connectivity index (χ4n) is 3.95. The average molecular weight is 414 g/mol. The second-order valence-corrected chi connectivity index (χ2v) is 8.02. The molecule has 148 valence electrons. The predicted octanol–water partition coefficient (Wildman–Crippen LogP) is 6.34. The van der Waals surface area contributed by atoms with Gasteiger partial charge in [0, 0.05) is 10.7 Å². The van der Waals surface area contributed by atoms with E-state index in [0.717, 1.165) is 22.2 Å². The quantitative estimate of drug-likeness (QED) is 0.365. The molecule has 5 rings (SSSR count). The monoisotopic (exact) mass is 413 g/mol. The van der Waals surface area contributed by atoms with Gasteiger partial charge in [-0.15, -0.1) is 0 Å². The van der Waals surface area contributed by atoms with Gasteiger partial charge in [0.25, 0.3) is 5.91 Å². The summed E-state index contributed by atoms with van der Waals surface area (Å²) in [7, 11) is 0. The molecule has 0 aliphatic carbocycles. The molecule has 0 bridgehead atoms. The van der Waals surface area contributed by atoms with Crippen molar-refractivity contribution in [1.29, 1.82) is 0 Å². The van der Waals surface area contributed by atoms with E-state index in [1.54, 1.807) is 24.3 Å². The van der Waals surface area contributed by atoms with E-state index in [4.69, 9.17) is 16.3 Å². The van der Waals surface area contributed by atoms with E-state index in [-0.39, 0.29) is 11.9 Å². The standard InChI is InChI=1S/C26H20ClNO2/c1-17-6-12-22(13-7-17)28-24(20-9-8-18-4-2-3-5-19(18)16-20)25(26(28)29)30-23-14-10-21(27)11-15-23/h2-16,24-25H,1H3. The molecule has 0 spiro atoms. The van der Waals surface area contributed by atoms with Crippen LogP contribution in [-0.4, -0.2) is 12.0 Å². The van der Waals surface area contributed by atoms with Crippen molar-refractivity contribution in [3.63, 3.8) is 0 Å². The van der Waals surface area contributed by atoms with Crippen LogP contribution in [0.3, 0.4) is 0 Å². The molecule has 1 heterocycles. The topological polar surface area (TPSA) is 29.5 Å². The molecule has 1 amide bonds. The number of β-lactam (4-membered cyclic amide) rings is 1. The number of benzene rings is 4. The van der Waals surface area contributed by atoms with E-state index in [2.05, 4.69) is 30.3 Å². The number of hydrogen-bond acceptors (Lipinski definition) is 2. The van der Waals surface area contributed by atoms with Crippen LogP contribution in [0.15, 0.2) is 91.0 Å². The number of carbonyl (C=O) groups is 1. The minimum Gasteiger partial charge on any atom is -0.478 e. The van der Waals surface area contributed by atoms with Gasteiger partial charge < -0.3 is 4.74 Å². The number of halogens is 1. The molecule has 1 saturated heterocycles. The van der Waals surface area contributed by atoms with Crippen molar-refractivity contribution in [3.8, 4) is 5.75 Å². The zero-order valence-electron chi connectivity index (χ0n) is 16.5. The lowest BCUT2D eigenvalue weighted by atomic mass is 9.88. The van der Waals surface area contributed by atoms with Gasteiger partial charge in [0.2, 0.25) is 6.10 Å². The van der Waals surface area contributed by atoms with Crippen molar-refractivity contribution in [2.75, 3.05) is 4.90 Å². The summed E-state index contributed by atoms with van der Waals surface area (Å²) in [4.78, 5) is 15.0. The lowest BCUT2D eigenvalue weighted by molar-refractivity contribution is -0.135. The van der Waals surface area contributed by atoms with Crippen LogP contribution < -0.4 is 9.64 Å². The molecule has 2 unspecified atom stereocenters. The summed E-state index contributed by atoms with van der Waals surface area (Å²) in [5.41, 5.74) is 3.08. The van der Waals surface area contributed by atoms with Crippen LogP contribution in [0.5, 0.6) is 5.75 Å². The van der Waals surface area contributed by atoms with E-state index in [0.29, 0.717) is 10.8 Å². The van der Waals surface area contributed by atoms with Crippen molar-refractivity contribution in [2.24, 2.45) is 0 Å². The van der Waals surface area contributed by atoms with Crippen LogP contribution in [0.2, 0.25) is 5.02 Å². The van der Waals surface area contributed by atoms with Crippen molar-refractivity contribution in [3.05, 3.63) is 107 Å². The molecule has 0 N–H and O–H groups in total. The Bertz CT molecular complexity index is 1220. The Labute approximate surface area is 180 Å². The van der Waals surface area contributed by atoms with Gasteiger partial charge in [-0.1, -0.05) is 65.7 Å². The Hall–Kier alpha value is -3.30. The summed E-state index contributed by atoms with van der Waals surface area (Å²) >= 11 is 5.99. The van der Waals surface area contributed by atoms with Crippen LogP contribution in [0.25, 0.3) is 10.8 Å². The highest BCUT2D eigenvalue weighted by Gasteiger charge is 2.51. The number of aryl methyl sites for hydroxylation is 1. The van der Waals surface area contributed by atoms with Gasteiger partial charge in [-0.3, -0.25) is 9.69 Å². The second-order valence-electron chi connectivity index (χ2n) is 7.59. The van der Waals surface area contributed by atoms with E-state index in [1.165, 1.54) is 5.39 Å². The zero-order valence-corrected chi connectivity index (χ0v) is 17.2. The molecule has 0 saturated carbocycles. The first-order chi connectivity index (χ1) is 14.6. The number of anilines is 1. The fourth-order valence-corrected chi connectivity index (χ4v) is 4.07. The maximum Gasteiger partial charge on any atom is 0.271 e. The SMILES string of the molecule is Cc1ccc(N2C(=O)C(Oc3ccc(Cl)cc3)C2c2ccc3ccccc3c2)cc1. The summed E-state index contributed by atoms with van der Waals surface area (Å²) in [5, 5.41) is 2.95. The van der Waals surface area contributed by atoms with E-state index in [1.807, 2.05) is 48.2 Å². The van der Waals surface area contributed by atoms with Crippen LogP contribution >= 0.6 is 11.6 Å². The van der Waals surface area contributed by atoms with Gasteiger partial charge >= 0.3 is 0 Å². The maximum atomic E-state index is 13.1. The third kappa shape index (κ3) is 3.31. The first kappa shape index (κ1) is 18.7. The van der Waals surface area contributed by atoms with Crippen molar-refractivity contribution < 1.29 is 9.53 Å². The smallest absolute Gasteiger partial charge is 0.271 e. The molecule has 4 aromatic rings. The van der Waals surface area contributed by atoms with Gasteiger partial charge in [0.1, 0.15) is 11.8 Å². The van der Waals surface area contributed by atoms with Crippen molar-refractivity contribution in [2.45, 2.75) is 19.1 Å². The van der Waals surface area contributed by atoms with Crippen LogP contribution in [0.4, 0.5) is 5.69 Å². The number of hydrogen-bond donors (Lipinski definition) is 0. The highest BCUT2D eigenvalue weighted by molar-refractivity contribution is 6.30. The lowest BCUT2D eigenvalue weighted by Crippen LogP contribution is -2.61. The minimum absolute atomic E-state index is 0.0491. The Kier molecular flexibility index (Phi) is 4.68. The van der Waals surface area contributed by atoms with E-state index < -0.39 is 6.10 Å². The number of amides is 1. The fraction of sp³-hybridized carbons (Fsp3) is 0.115. The van der Waals surface area contributed by atoms with Gasteiger partial charge in [-0.25, -0.2) is 0 Å². The molecule has 0 aromatic heterocycles. The molecule has 3 nitrogen and oxygen atoms in total. The summed E-state index contributed by atoms with van der Waals surface area (Å²) in [6, 6.07) is 29.5. The first-order valence-electron chi connectivity index (χ1n) is 9.91. The van der Waals surface area contributed by atoms with E-state index >= 15 is 0 Å². The number of fused-ring (bicyclic) bond motifs is 1. The predicted molar refractivity (Wildman–Crippen MR) is 121 cm³/mol. The average Bonchev–Trinajstić information content (AvgIpc) is 2.77. The summed E-state index contributed by atoms with van der Waals surface area (Å²) in [6.45, 7) is 2.04. The third-order valence-electron chi connectivity index (χ3n) is 5.55. The number of rotatable bonds is 4. The van der Waals surface area contributed by atoms with Crippen LogP contribution in [-0.2, 0) is 4.79 Å². The summed E-state index contributed by atoms with van der Waals surface area (Å²) < 4.78 is 6.12. The van der Waals surface area contributed by atoms with Gasteiger partial charge in [0.05, 0.1) is 0 Å². The third-order valence-corrected chi connectivity index (χ3v) is 5.80. The molecule has 2 atom stereocenters. The van der Waals surface area contributed by atoms with Gasteiger partial charge in [0.15, 0.2) is 0 Å². The highest BCUT2D eigenvalue weighted by Crippen LogP contribution is 2.42. The molecular formula is C26H20ClNO2. The molecule has 1 fully saturated rings. The van der Waals surface area contributed by atoms with Crippen LogP contribution in [0, 0.1) is 6.92 Å². The molecule has 1 aliphatic heterocycles. The molecule has 4 heteroatoms. The van der Waals surface area contributed by atoms with E-state index in [9.17, 15) is 4.79 Å². The molecular weight excluding hydrogens is 394 g/mol. The normalized spacial score (nSPS) is 18.3. The zero-order chi connectivity index (χ0) is 20.7. The molecule has 0 radical (unpaired) electrons. The first-order valence-corrected chi connectivity index (χ1v) is 10.3. The molecule has 4 aromatic carbocycles. The Morgan fingerprint density at radius 3 is 2.27 bits per heavy atom. The number of carbonyl (C=O) groups excluding carboxylic acids is 1. The summed E-state index contributed by atoms with van der Waals surface area (Å²) in [5.74, 6) is 0.582. The molecule has 1 aliphatic rings. The van der Waals surface area contributed by atoms with Crippen molar-refractivity contribution in [1.82, 2.24) is 0 Å². The number of nitrogens with zero attached hydrogens (tertiary/aromatic N) is 1. The Morgan fingerprint density at radius 1 is 0.833 bits per heavy atom.